The van der Waals surface area contributed by atoms with Crippen LogP contribution in [0.4, 0.5) is 4.79 Å². The molecule has 0 aliphatic heterocycles. The van der Waals surface area contributed by atoms with Gasteiger partial charge in [0, 0.05) is 19.4 Å². The molecule has 0 spiro atoms. The van der Waals surface area contributed by atoms with Crippen LogP contribution in [0.2, 0.25) is 0 Å². The van der Waals surface area contributed by atoms with Crippen LogP contribution in [-0.2, 0) is 28.5 Å². The van der Waals surface area contributed by atoms with Crippen molar-refractivity contribution in [1.29, 1.82) is 0 Å². The summed E-state index contributed by atoms with van der Waals surface area (Å²) in [5, 5.41) is 0. The molecule has 0 N–H and O–H groups in total. The van der Waals surface area contributed by atoms with E-state index in [1.54, 1.807) is 0 Å². The summed E-state index contributed by atoms with van der Waals surface area (Å²) in [7, 11) is 3.88. The van der Waals surface area contributed by atoms with Crippen LogP contribution in [0, 0.1) is 0 Å². The summed E-state index contributed by atoms with van der Waals surface area (Å²) >= 11 is 0. The van der Waals surface area contributed by atoms with E-state index in [2.05, 4.69) is 62.5 Å². The van der Waals surface area contributed by atoms with Gasteiger partial charge in [-0.05, 0) is 97.6 Å². The van der Waals surface area contributed by atoms with Crippen LogP contribution < -0.4 is 0 Å². The highest BCUT2D eigenvalue weighted by Gasteiger charge is 2.26. The molecule has 0 aromatic rings. The molecule has 0 fully saturated rings. The highest BCUT2D eigenvalue weighted by Crippen LogP contribution is 2.13. The standard InChI is InChI=1S/C47H83NO7/c1-5-7-9-11-13-15-17-19-21-23-25-27-29-31-33-35-41-52-45(49)39-38-44(55-47(51)54-43-37-40-48(3)4)46(50)53-42-36-34-32-30-28-26-24-22-20-18-16-14-12-10-8-6-2/h13-16,19-22,44H,5-12,17-18,23-43H2,1-4H3/b15-13-,16-14-,21-19-,22-20-. The minimum atomic E-state index is -1.21. The van der Waals surface area contributed by atoms with E-state index in [1.165, 1.54) is 83.5 Å². The summed E-state index contributed by atoms with van der Waals surface area (Å²) in [6.45, 7) is 6.02. The molecule has 318 valence electrons. The predicted octanol–water partition coefficient (Wildman–Crippen LogP) is 13.0. The highest BCUT2D eigenvalue weighted by molar-refractivity contribution is 5.78. The predicted molar refractivity (Wildman–Crippen MR) is 229 cm³/mol. The third kappa shape index (κ3) is 40.6. The second-order valence-corrected chi connectivity index (χ2v) is 15.0. The zero-order chi connectivity index (χ0) is 40.3. The van der Waals surface area contributed by atoms with Gasteiger partial charge in [0.15, 0.2) is 0 Å². The molecule has 8 nitrogen and oxygen atoms in total. The summed E-state index contributed by atoms with van der Waals surface area (Å²) in [4.78, 5) is 39.6. The van der Waals surface area contributed by atoms with E-state index in [0.29, 0.717) is 13.0 Å². The summed E-state index contributed by atoms with van der Waals surface area (Å²) in [5.41, 5.74) is 0. The van der Waals surface area contributed by atoms with E-state index in [4.69, 9.17) is 18.9 Å². The molecule has 0 amide bonds. The number of carbonyl (C=O) groups is 3. The first kappa shape index (κ1) is 52.1. The van der Waals surface area contributed by atoms with E-state index in [0.717, 1.165) is 77.2 Å². The van der Waals surface area contributed by atoms with Crippen molar-refractivity contribution in [1.82, 2.24) is 4.90 Å². The molecule has 0 aromatic carbocycles. The van der Waals surface area contributed by atoms with Crippen LogP contribution in [0.25, 0.3) is 0 Å². The number of carbonyl (C=O) groups excluding carboxylic acids is 3. The number of rotatable bonds is 39. The second kappa shape index (κ2) is 42.3. The Morgan fingerprint density at radius 1 is 0.491 bits per heavy atom. The van der Waals surface area contributed by atoms with Crippen molar-refractivity contribution in [2.75, 3.05) is 40.5 Å². The second-order valence-electron chi connectivity index (χ2n) is 15.0. The maximum Gasteiger partial charge on any atom is 0.509 e. The van der Waals surface area contributed by atoms with Crippen molar-refractivity contribution >= 4 is 18.1 Å². The fraction of sp³-hybridized carbons (Fsp3) is 0.766. The molecule has 55 heavy (non-hydrogen) atoms. The van der Waals surface area contributed by atoms with Crippen molar-refractivity contribution in [3.8, 4) is 0 Å². The Hall–Kier alpha value is -2.87. The third-order valence-electron chi connectivity index (χ3n) is 9.28. The van der Waals surface area contributed by atoms with Crippen molar-refractivity contribution < 1.29 is 33.3 Å². The Labute approximate surface area is 337 Å². The molecule has 0 aromatic heterocycles. The molecule has 0 heterocycles. The van der Waals surface area contributed by atoms with Gasteiger partial charge < -0.3 is 23.8 Å². The van der Waals surface area contributed by atoms with E-state index in [-0.39, 0.29) is 26.1 Å². The average Bonchev–Trinajstić information content (AvgIpc) is 3.17. The normalized spacial score (nSPS) is 12.5. The number of nitrogens with zero attached hydrogens (tertiary/aromatic N) is 1. The zero-order valence-electron chi connectivity index (χ0n) is 35.9. The number of esters is 2. The molecule has 0 saturated heterocycles. The summed E-state index contributed by atoms with van der Waals surface area (Å²) in [6, 6.07) is 0. The minimum Gasteiger partial charge on any atom is -0.466 e. The monoisotopic (exact) mass is 774 g/mol. The quantitative estimate of drug-likeness (QED) is 0.0264. The molecule has 1 atom stereocenters. The zero-order valence-corrected chi connectivity index (χ0v) is 35.9. The Balaban J connectivity index is 4.22. The van der Waals surface area contributed by atoms with Crippen LogP contribution in [0.15, 0.2) is 48.6 Å². The first-order valence-electron chi connectivity index (χ1n) is 22.3. The van der Waals surface area contributed by atoms with Gasteiger partial charge in [-0.15, -0.1) is 0 Å². The Kier molecular flexibility index (Phi) is 40.1. The maximum absolute atomic E-state index is 12.9. The molecule has 1 unspecified atom stereocenters. The maximum atomic E-state index is 12.9. The van der Waals surface area contributed by atoms with Gasteiger partial charge in [0.25, 0.3) is 0 Å². The molecule has 0 saturated carbocycles. The van der Waals surface area contributed by atoms with E-state index in [1.807, 2.05) is 19.0 Å². The number of allylic oxidation sites excluding steroid dienone is 8. The lowest BCUT2D eigenvalue weighted by atomic mass is 10.1. The lowest BCUT2D eigenvalue weighted by Crippen LogP contribution is -2.31. The third-order valence-corrected chi connectivity index (χ3v) is 9.28. The van der Waals surface area contributed by atoms with Crippen LogP contribution in [-0.4, -0.2) is 69.6 Å². The van der Waals surface area contributed by atoms with Gasteiger partial charge in [-0.3, -0.25) is 4.79 Å². The Bertz CT molecular complexity index is 1000. The fourth-order valence-corrected chi connectivity index (χ4v) is 5.86. The number of hydrogen-bond donors (Lipinski definition) is 0. The van der Waals surface area contributed by atoms with Gasteiger partial charge in [-0.1, -0.05) is 140 Å². The van der Waals surface area contributed by atoms with Crippen molar-refractivity contribution in [2.45, 2.75) is 193 Å². The Morgan fingerprint density at radius 3 is 1.38 bits per heavy atom. The summed E-state index contributed by atoms with van der Waals surface area (Å²) < 4.78 is 21.3. The smallest absolute Gasteiger partial charge is 0.466 e. The van der Waals surface area contributed by atoms with Crippen molar-refractivity contribution in [2.24, 2.45) is 0 Å². The van der Waals surface area contributed by atoms with Gasteiger partial charge in [0.05, 0.1) is 19.8 Å². The van der Waals surface area contributed by atoms with Crippen molar-refractivity contribution in [3.63, 3.8) is 0 Å². The Morgan fingerprint density at radius 2 is 0.909 bits per heavy atom. The first-order chi connectivity index (χ1) is 26.9. The largest absolute Gasteiger partial charge is 0.509 e. The molecule has 0 aliphatic rings. The van der Waals surface area contributed by atoms with E-state index < -0.39 is 24.2 Å². The van der Waals surface area contributed by atoms with Gasteiger partial charge in [0.2, 0.25) is 6.10 Å². The molecule has 0 rings (SSSR count). The lowest BCUT2D eigenvalue weighted by molar-refractivity contribution is -0.156. The van der Waals surface area contributed by atoms with Crippen LogP contribution in [0.3, 0.4) is 0 Å². The SMILES string of the molecule is CCCCC/C=C\C/C=C\CCCCCCCCOC(=O)CCC(OC(=O)OCCCN(C)C)C(=O)OCCCCCCCC/C=C\C/C=C\CCCCC. The summed E-state index contributed by atoms with van der Waals surface area (Å²) in [6.07, 6.45) is 44.0. The molecule has 0 radical (unpaired) electrons. The van der Waals surface area contributed by atoms with E-state index in [9.17, 15) is 14.4 Å². The molecule has 0 bridgehead atoms. The van der Waals surface area contributed by atoms with Gasteiger partial charge in [-0.2, -0.15) is 0 Å². The van der Waals surface area contributed by atoms with Crippen LogP contribution in [0.1, 0.15) is 187 Å². The minimum absolute atomic E-state index is 0.00213. The molecular formula is C47H83NO7. The lowest BCUT2D eigenvalue weighted by Gasteiger charge is -2.17. The van der Waals surface area contributed by atoms with Gasteiger partial charge in [0.1, 0.15) is 0 Å². The average molecular weight is 774 g/mol. The highest BCUT2D eigenvalue weighted by atomic mass is 16.7. The first-order valence-corrected chi connectivity index (χ1v) is 22.3. The fourth-order valence-electron chi connectivity index (χ4n) is 5.86. The summed E-state index contributed by atoms with van der Waals surface area (Å²) in [5.74, 6) is -1.06. The topological polar surface area (TPSA) is 91.4 Å². The van der Waals surface area contributed by atoms with Crippen LogP contribution >= 0.6 is 0 Å². The van der Waals surface area contributed by atoms with Gasteiger partial charge in [-0.25, -0.2) is 9.59 Å². The van der Waals surface area contributed by atoms with E-state index >= 15 is 0 Å². The number of hydrogen-bond acceptors (Lipinski definition) is 8. The number of ether oxygens (including phenoxy) is 4. The molecular weight excluding hydrogens is 691 g/mol. The number of unbranched alkanes of at least 4 members (excludes halogenated alkanes) is 18. The molecule has 0 aliphatic carbocycles. The van der Waals surface area contributed by atoms with Crippen LogP contribution in [0.5, 0.6) is 0 Å². The van der Waals surface area contributed by atoms with Crippen molar-refractivity contribution in [3.05, 3.63) is 48.6 Å². The van der Waals surface area contributed by atoms with Gasteiger partial charge >= 0.3 is 18.1 Å². The molecule has 8 heteroatoms.